The van der Waals surface area contributed by atoms with E-state index in [0.29, 0.717) is 32.6 Å². The van der Waals surface area contributed by atoms with Gasteiger partial charge < -0.3 is 15.8 Å². The third-order valence-electron chi connectivity index (χ3n) is 2.03. The number of nitrogens with one attached hydrogen (secondary N) is 1. The van der Waals surface area contributed by atoms with Gasteiger partial charge in [0.25, 0.3) is 0 Å². The molecule has 0 saturated heterocycles. The van der Waals surface area contributed by atoms with Crippen LogP contribution in [0.3, 0.4) is 0 Å². The Kier molecular flexibility index (Phi) is 7.85. The molecule has 16 heavy (non-hydrogen) atoms. The van der Waals surface area contributed by atoms with Crippen LogP contribution in [-0.2, 0) is 9.53 Å². The lowest BCUT2D eigenvalue weighted by atomic mass is 10.00. The van der Waals surface area contributed by atoms with E-state index >= 15 is 0 Å². The van der Waals surface area contributed by atoms with Gasteiger partial charge >= 0.3 is 0 Å². The van der Waals surface area contributed by atoms with Crippen LogP contribution >= 0.6 is 0 Å². The van der Waals surface area contributed by atoms with Crippen LogP contribution in [0, 0.1) is 0 Å². The molecule has 0 aromatic rings. The van der Waals surface area contributed by atoms with E-state index in [-0.39, 0.29) is 11.4 Å². The molecule has 0 saturated carbocycles. The first-order chi connectivity index (χ1) is 7.45. The Labute approximate surface area is 98.2 Å². The van der Waals surface area contributed by atoms with E-state index in [1.807, 2.05) is 19.9 Å². The van der Waals surface area contributed by atoms with Crippen LogP contribution < -0.4 is 11.1 Å². The highest BCUT2D eigenvalue weighted by Gasteiger charge is 2.12. The Balaban J connectivity index is 3.34. The van der Waals surface area contributed by atoms with Gasteiger partial charge in [-0.05, 0) is 26.7 Å². The molecule has 0 spiro atoms. The molecule has 0 aromatic heterocycles. The molecule has 94 valence electrons. The first kappa shape index (κ1) is 15.1. The summed E-state index contributed by atoms with van der Waals surface area (Å²) in [5, 5.41) is 2.79. The molecule has 0 fully saturated rings. The molecule has 0 radical (unpaired) electrons. The molecule has 0 atom stereocenters. The number of carbonyl (C=O) groups excluding carboxylic acids is 1. The highest BCUT2D eigenvalue weighted by molar-refractivity contribution is 5.75. The van der Waals surface area contributed by atoms with Gasteiger partial charge in [0.05, 0.1) is 13.2 Å². The molecular formula is C12H24N2O2. The Bertz CT molecular complexity index is 210. The fourth-order valence-electron chi connectivity index (χ4n) is 1.06. The van der Waals surface area contributed by atoms with Crippen LogP contribution in [0.25, 0.3) is 0 Å². The summed E-state index contributed by atoms with van der Waals surface area (Å²) in [6.45, 7) is 9.19. The zero-order valence-electron chi connectivity index (χ0n) is 10.4. The quantitative estimate of drug-likeness (QED) is 0.460. The molecule has 1 amide bonds. The van der Waals surface area contributed by atoms with E-state index < -0.39 is 0 Å². The summed E-state index contributed by atoms with van der Waals surface area (Å²) in [4.78, 5) is 11.3. The molecule has 0 rings (SSSR count). The molecule has 3 N–H and O–H groups in total. The minimum Gasteiger partial charge on any atom is -0.379 e. The van der Waals surface area contributed by atoms with Gasteiger partial charge in [-0.15, -0.1) is 6.58 Å². The van der Waals surface area contributed by atoms with E-state index in [1.165, 1.54) is 0 Å². The summed E-state index contributed by atoms with van der Waals surface area (Å²) in [5.74, 6) is 0.0332. The molecule has 4 nitrogen and oxygen atoms in total. The van der Waals surface area contributed by atoms with Crippen molar-refractivity contribution in [3.63, 3.8) is 0 Å². The number of amides is 1. The number of hydrogen-bond donors (Lipinski definition) is 2. The van der Waals surface area contributed by atoms with Crippen molar-refractivity contribution >= 4 is 5.91 Å². The summed E-state index contributed by atoms with van der Waals surface area (Å²) in [7, 11) is 0. The van der Waals surface area contributed by atoms with Crippen molar-refractivity contribution in [1.82, 2.24) is 5.32 Å². The zero-order chi connectivity index (χ0) is 12.4. The summed E-state index contributed by atoms with van der Waals surface area (Å²) < 4.78 is 5.26. The van der Waals surface area contributed by atoms with Crippen molar-refractivity contribution in [2.24, 2.45) is 5.73 Å². The van der Waals surface area contributed by atoms with E-state index in [9.17, 15) is 4.79 Å². The summed E-state index contributed by atoms with van der Waals surface area (Å²) in [6, 6.07) is 0. The number of nitrogens with two attached hydrogens (primary N) is 1. The second kappa shape index (κ2) is 8.30. The van der Waals surface area contributed by atoms with Gasteiger partial charge in [-0.1, -0.05) is 6.08 Å². The van der Waals surface area contributed by atoms with E-state index in [0.717, 1.165) is 6.42 Å². The normalized spacial score (nSPS) is 11.2. The Morgan fingerprint density at radius 1 is 1.50 bits per heavy atom. The van der Waals surface area contributed by atoms with Crippen molar-refractivity contribution < 1.29 is 9.53 Å². The van der Waals surface area contributed by atoms with Crippen LogP contribution in [-0.4, -0.2) is 31.2 Å². The largest absolute Gasteiger partial charge is 0.379 e. The molecule has 0 heterocycles. The third kappa shape index (κ3) is 11.2. The van der Waals surface area contributed by atoms with Gasteiger partial charge in [-0.25, -0.2) is 0 Å². The molecule has 0 unspecified atom stereocenters. The van der Waals surface area contributed by atoms with Gasteiger partial charge in [0.1, 0.15) is 0 Å². The Hall–Kier alpha value is -0.870. The predicted octanol–water partition coefficient (Wildman–Crippen LogP) is 1.21. The minimum atomic E-state index is -0.280. The fourth-order valence-corrected chi connectivity index (χ4v) is 1.06. The lowest BCUT2D eigenvalue weighted by molar-refractivity contribution is -0.121. The van der Waals surface area contributed by atoms with Crippen molar-refractivity contribution in [1.29, 1.82) is 0 Å². The average molecular weight is 228 g/mol. The highest BCUT2D eigenvalue weighted by atomic mass is 16.5. The molecular weight excluding hydrogens is 204 g/mol. The number of ether oxygens (including phenoxy) is 1. The summed E-state index contributed by atoms with van der Waals surface area (Å²) >= 11 is 0. The van der Waals surface area contributed by atoms with Crippen LogP contribution in [0.2, 0.25) is 0 Å². The van der Waals surface area contributed by atoms with Crippen LogP contribution in [0.5, 0.6) is 0 Å². The smallest absolute Gasteiger partial charge is 0.220 e. The number of rotatable bonds is 9. The van der Waals surface area contributed by atoms with Gasteiger partial charge in [-0.2, -0.15) is 0 Å². The molecule has 4 heteroatoms. The lowest BCUT2D eigenvalue weighted by Gasteiger charge is -2.17. The summed E-state index contributed by atoms with van der Waals surface area (Å²) in [6.07, 6.45) is 3.81. The average Bonchev–Trinajstić information content (AvgIpc) is 2.19. The maximum Gasteiger partial charge on any atom is 0.220 e. The zero-order valence-corrected chi connectivity index (χ0v) is 10.4. The van der Waals surface area contributed by atoms with Crippen LogP contribution in [0.4, 0.5) is 0 Å². The van der Waals surface area contributed by atoms with Gasteiger partial charge in [-0.3, -0.25) is 4.79 Å². The third-order valence-corrected chi connectivity index (χ3v) is 2.03. The fraction of sp³-hybridized carbons (Fsp3) is 0.750. The van der Waals surface area contributed by atoms with E-state index in [2.05, 4.69) is 11.9 Å². The van der Waals surface area contributed by atoms with Gasteiger partial charge in [0.15, 0.2) is 0 Å². The second-order valence-corrected chi connectivity index (χ2v) is 4.53. The van der Waals surface area contributed by atoms with E-state index in [4.69, 9.17) is 10.5 Å². The summed E-state index contributed by atoms with van der Waals surface area (Å²) in [5.41, 5.74) is 5.50. The maximum absolute atomic E-state index is 11.3. The molecule has 0 aliphatic carbocycles. The van der Waals surface area contributed by atoms with Crippen molar-refractivity contribution in [2.45, 2.75) is 38.6 Å². The molecule has 0 aromatic carbocycles. The maximum atomic E-state index is 11.3. The molecule has 0 bridgehead atoms. The molecule has 0 aliphatic rings. The van der Waals surface area contributed by atoms with Crippen LogP contribution in [0.15, 0.2) is 12.7 Å². The van der Waals surface area contributed by atoms with Gasteiger partial charge in [0, 0.05) is 18.5 Å². The predicted molar refractivity (Wildman–Crippen MR) is 66.1 cm³/mol. The topological polar surface area (TPSA) is 64.3 Å². The Morgan fingerprint density at radius 3 is 2.75 bits per heavy atom. The number of hydrogen-bond acceptors (Lipinski definition) is 3. The van der Waals surface area contributed by atoms with Gasteiger partial charge in [0.2, 0.25) is 5.91 Å². The van der Waals surface area contributed by atoms with Crippen molar-refractivity contribution in [3.05, 3.63) is 12.7 Å². The Morgan fingerprint density at radius 2 is 2.19 bits per heavy atom. The molecule has 0 aliphatic heterocycles. The number of carbonyl (C=O) groups is 1. The lowest BCUT2D eigenvalue weighted by Crippen LogP contribution is -2.35. The van der Waals surface area contributed by atoms with Crippen molar-refractivity contribution in [3.8, 4) is 0 Å². The monoisotopic (exact) mass is 228 g/mol. The highest BCUT2D eigenvalue weighted by Crippen LogP contribution is 2.06. The van der Waals surface area contributed by atoms with Crippen molar-refractivity contribution in [2.75, 3.05) is 19.8 Å². The second-order valence-electron chi connectivity index (χ2n) is 4.53. The van der Waals surface area contributed by atoms with E-state index in [1.54, 1.807) is 0 Å². The minimum absolute atomic E-state index is 0.0332. The first-order valence-electron chi connectivity index (χ1n) is 5.70. The SMILES string of the molecule is C=CCCOCCNC(=O)CCC(C)(C)N. The first-order valence-corrected chi connectivity index (χ1v) is 5.70. The standard InChI is InChI=1S/C12H24N2O2/c1-4-5-9-16-10-8-14-11(15)6-7-12(2,3)13/h4H,1,5-10,13H2,2-3H3,(H,14,15). The van der Waals surface area contributed by atoms with Crippen LogP contribution in [0.1, 0.15) is 33.1 Å².